The normalized spacial score (nSPS) is 25.3. The molecule has 12 nitrogen and oxygen atoms in total. The molecular formula is C41H63N3O9. The van der Waals surface area contributed by atoms with E-state index in [0.717, 1.165) is 42.5 Å². The molecule has 1 fully saturated rings. The summed E-state index contributed by atoms with van der Waals surface area (Å²) in [5.41, 5.74) is 2.29. The lowest BCUT2D eigenvalue weighted by Crippen LogP contribution is -2.70. The minimum Gasteiger partial charge on any atom is -0.459 e. The van der Waals surface area contributed by atoms with Gasteiger partial charge in [0.25, 0.3) is 0 Å². The summed E-state index contributed by atoms with van der Waals surface area (Å²) in [6, 6.07) is 4.77. The van der Waals surface area contributed by atoms with Crippen LogP contribution in [0.15, 0.2) is 47.7 Å². The van der Waals surface area contributed by atoms with Crippen molar-refractivity contribution in [1.29, 1.82) is 0 Å². The minimum atomic E-state index is -1.38. The van der Waals surface area contributed by atoms with Crippen LogP contribution in [-0.4, -0.2) is 91.0 Å². The van der Waals surface area contributed by atoms with Crippen LogP contribution in [0.4, 0.5) is 9.59 Å². The van der Waals surface area contributed by atoms with E-state index in [-0.39, 0.29) is 49.6 Å². The van der Waals surface area contributed by atoms with Crippen molar-refractivity contribution < 1.29 is 43.6 Å². The topological polar surface area (TPSA) is 148 Å². The Kier molecular flexibility index (Phi) is 15.6. The maximum absolute atomic E-state index is 14.2. The number of unbranched alkanes of at least 4 members (excludes halogenated alkanes) is 2. The summed E-state index contributed by atoms with van der Waals surface area (Å²) in [6.07, 6.45) is 8.52. The summed E-state index contributed by atoms with van der Waals surface area (Å²) >= 11 is 0. The zero-order valence-corrected chi connectivity index (χ0v) is 32.7. The maximum Gasteiger partial charge on any atom is 0.412 e. The monoisotopic (exact) mass is 741 g/mol. The van der Waals surface area contributed by atoms with E-state index < -0.39 is 29.9 Å². The first-order valence-corrected chi connectivity index (χ1v) is 19.6. The second kappa shape index (κ2) is 19.6. The fraction of sp³-hybridized carbons (Fsp3) is 0.683. The number of nitrogens with zero attached hydrogens (tertiary/aromatic N) is 2. The van der Waals surface area contributed by atoms with Crippen LogP contribution in [-0.2, 0) is 14.3 Å². The van der Waals surface area contributed by atoms with Gasteiger partial charge in [-0.2, -0.15) is 0 Å². The van der Waals surface area contributed by atoms with E-state index in [9.17, 15) is 19.8 Å². The summed E-state index contributed by atoms with van der Waals surface area (Å²) < 4.78 is 25.8. The van der Waals surface area contributed by atoms with E-state index in [0.29, 0.717) is 56.9 Å². The molecule has 1 aromatic carbocycles. The average Bonchev–Trinajstić information content (AvgIpc) is 3.12. The Morgan fingerprint density at radius 2 is 1.85 bits per heavy atom. The fourth-order valence-electron chi connectivity index (χ4n) is 8.12. The van der Waals surface area contributed by atoms with E-state index in [1.807, 2.05) is 53.7 Å². The number of aliphatic hydroxyl groups excluding tert-OH is 2. The summed E-state index contributed by atoms with van der Waals surface area (Å²) in [6.45, 7) is 17.6. The second-order valence-electron chi connectivity index (χ2n) is 15.4. The molecule has 1 aliphatic heterocycles. The van der Waals surface area contributed by atoms with Gasteiger partial charge >= 0.3 is 12.2 Å². The van der Waals surface area contributed by atoms with Crippen molar-refractivity contribution in [2.24, 2.45) is 28.3 Å². The van der Waals surface area contributed by atoms with Gasteiger partial charge in [0.05, 0.1) is 24.8 Å². The van der Waals surface area contributed by atoms with Crippen molar-refractivity contribution >= 4 is 17.9 Å². The quantitative estimate of drug-likeness (QED) is 0.0752. The number of rotatable bonds is 19. The van der Waals surface area contributed by atoms with Crippen LogP contribution in [0.1, 0.15) is 104 Å². The summed E-state index contributed by atoms with van der Waals surface area (Å²) in [4.78, 5) is 34.3. The number of allylic oxidation sites excluding steroid dienone is 1. The van der Waals surface area contributed by atoms with Crippen LogP contribution in [0, 0.1) is 23.2 Å². The Morgan fingerprint density at radius 3 is 2.49 bits per heavy atom. The Hall–Kier alpha value is -3.61. The smallest absolute Gasteiger partial charge is 0.412 e. The van der Waals surface area contributed by atoms with Gasteiger partial charge < -0.3 is 39.3 Å². The number of carbonyl (C=O) groups is 2. The highest BCUT2D eigenvalue weighted by atomic mass is 16.7. The first-order valence-electron chi connectivity index (χ1n) is 19.6. The molecule has 2 amide bonds. The Balaban J connectivity index is 2.02. The van der Waals surface area contributed by atoms with Gasteiger partial charge in [0.2, 0.25) is 5.79 Å². The number of benzene rings is 1. The van der Waals surface area contributed by atoms with Gasteiger partial charge in [0, 0.05) is 44.2 Å². The van der Waals surface area contributed by atoms with Crippen LogP contribution in [0.3, 0.4) is 0 Å². The lowest BCUT2D eigenvalue weighted by molar-refractivity contribution is -0.255. The number of ether oxygens (including phenoxy) is 4. The molecule has 0 aromatic heterocycles. The molecule has 0 bridgehead atoms. The number of carbonyl (C=O) groups excluding carboxylic acids is 2. The number of hydrogen-bond donors (Lipinski definition) is 3. The number of oxime groups is 1. The van der Waals surface area contributed by atoms with Gasteiger partial charge in [-0.1, -0.05) is 57.8 Å². The molecule has 53 heavy (non-hydrogen) atoms. The number of hydrogen-bond acceptors (Lipinski definition) is 10. The van der Waals surface area contributed by atoms with E-state index in [2.05, 4.69) is 18.0 Å². The largest absolute Gasteiger partial charge is 0.459 e. The standard InChI is InChI=1S/C41H63N3O9/c1-8-20-44(39(48)49-27-40(5,6)7)35-26-33(43-51-11-4)31-24-28(16-12-14-21-45)30(17-13-15-22-46)36-32-25-29(52-38(47)42-10-3)18-19-34(32)53-41(35,37(31)36)50-23-9-2/h9,18-19,24-25,28,30,35-37,45-46H,2,8,10-17,20-23,26-27H2,1,3-7H3,(H,42,47). The van der Waals surface area contributed by atoms with Gasteiger partial charge in [-0.05, 0) is 87.0 Å². The van der Waals surface area contributed by atoms with Gasteiger partial charge in [-0.15, -0.1) is 6.58 Å². The molecule has 1 heterocycles. The molecule has 0 saturated heterocycles. The third kappa shape index (κ3) is 10.1. The molecule has 4 rings (SSSR count). The minimum absolute atomic E-state index is 0.0441. The highest BCUT2D eigenvalue weighted by molar-refractivity contribution is 6.03. The van der Waals surface area contributed by atoms with Crippen molar-refractivity contribution in [3.8, 4) is 11.5 Å². The summed E-state index contributed by atoms with van der Waals surface area (Å²) in [5.74, 6) is -0.989. The van der Waals surface area contributed by atoms with Crippen molar-refractivity contribution in [3.05, 3.63) is 48.1 Å². The molecular weight excluding hydrogens is 678 g/mol. The van der Waals surface area contributed by atoms with Crippen LogP contribution in [0.2, 0.25) is 0 Å². The fourth-order valence-corrected chi connectivity index (χ4v) is 8.12. The van der Waals surface area contributed by atoms with E-state index in [1.165, 1.54) is 0 Å². The van der Waals surface area contributed by atoms with Crippen LogP contribution in [0.25, 0.3) is 0 Å². The molecule has 12 heteroatoms. The molecule has 1 aromatic rings. The zero-order valence-electron chi connectivity index (χ0n) is 32.7. The number of nitrogens with one attached hydrogen (secondary N) is 1. The van der Waals surface area contributed by atoms with Gasteiger partial charge in [0.15, 0.2) is 0 Å². The van der Waals surface area contributed by atoms with Crippen LogP contribution < -0.4 is 14.8 Å². The van der Waals surface area contributed by atoms with Crippen LogP contribution in [0.5, 0.6) is 11.5 Å². The van der Waals surface area contributed by atoms with E-state index in [1.54, 1.807) is 17.0 Å². The lowest BCUT2D eigenvalue weighted by atomic mass is 9.55. The number of fused-ring (bicyclic) bond motifs is 2. The highest BCUT2D eigenvalue weighted by Gasteiger charge is 2.65. The van der Waals surface area contributed by atoms with Crippen molar-refractivity contribution in [1.82, 2.24) is 10.2 Å². The van der Waals surface area contributed by atoms with Crippen molar-refractivity contribution in [2.75, 3.05) is 46.1 Å². The third-order valence-electron chi connectivity index (χ3n) is 10.2. The van der Waals surface area contributed by atoms with Gasteiger partial charge in [-0.25, -0.2) is 9.59 Å². The van der Waals surface area contributed by atoms with Gasteiger partial charge in [0.1, 0.15) is 24.1 Å². The Morgan fingerprint density at radius 1 is 1.11 bits per heavy atom. The first kappa shape index (κ1) is 42.1. The molecule has 2 aliphatic carbocycles. The Bertz CT molecular complexity index is 1440. The molecule has 0 spiro atoms. The first-order chi connectivity index (χ1) is 25.5. The Labute approximate surface area is 315 Å². The molecule has 3 N–H and O–H groups in total. The second-order valence-corrected chi connectivity index (χ2v) is 15.4. The van der Waals surface area contributed by atoms with E-state index in [4.69, 9.17) is 28.9 Å². The van der Waals surface area contributed by atoms with Crippen molar-refractivity contribution in [2.45, 2.75) is 111 Å². The number of aliphatic hydroxyl groups is 2. The van der Waals surface area contributed by atoms with Crippen LogP contribution >= 0.6 is 0 Å². The predicted molar refractivity (Wildman–Crippen MR) is 204 cm³/mol. The van der Waals surface area contributed by atoms with Gasteiger partial charge in [-0.3, -0.25) is 4.90 Å². The molecule has 1 saturated carbocycles. The number of amides is 2. The molecule has 296 valence electrons. The highest BCUT2D eigenvalue weighted by Crippen LogP contribution is 2.62. The maximum atomic E-state index is 14.2. The molecule has 0 radical (unpaired) electrons. The predicted octanol–water partition coefficient (Wildman–Crippen LogP) is 7.34. The molecule has 6 atom stereocenters. The summed E-state index contributed by atoms with van der Waals surface area (Å²) in [5, 5.41) is 27.0. The van der Waals surface area contributed by atoms with E-state index >= 15 is 0 Å². The molecule has 3 aliphatic rings. The van der Waals surface area contributed by atoms with Crippen molar-refractivity contribution in [3.63, 3.8) is 0 Å². The zero-order chi connectivity index (χ0) is 38.6. The lowest BCUT2D eigenvalue weighted by Gasteiger charge is -2.60. The average molecular weight is 742 g/mol. The SMILES string of the molecule is C=CCOC12Oc3ccc(OC(=O)NCC)cc3C3C(CCCCO)C(CCCCO)C=C(C(=NOCC)CC1N(CCC)C(=O)OCC(C)(C)C)C32. The molecule has 6 unspecified atom stereocenters. The third-order valence-corrected chi connectivity index (χ3v) is 10.2. The summed E-state index contributed by atoms with van der Waals surface area (Å²) in [7, 11) is 0.